The van der Waals surface area contributed by atoms with Crippen LogP contribution in [0.3, 0.4) is 0 Å². The molecule has 3 rings (SSSR count). The fourth-order valence-corrected chi connectivity index (χ4v) is 2.91. The Balaban J connectivity index is 1.77. The van der Waals surface area contributed by atoms with E-state index in [1.165, 1.54) is 30.5 Å². The molecule has 1 aliphatic heterocycles. The molecule has 0 aliphatic carbocycles. The Morgan fingerprint density at radius 2 is 2.20 bits per heavy atom. The van der Waals surface area contributed by atoms with E-state index in [0.29, 0.717) is 12.1 Å². The molecule has 0 saturated carbocycles. The summed E-state index contributed by atoms with van der Waals surface area (Å²) < 4.78 is 2.24. The minimum Gasteiger partial charge on any atom is -0.329 e. The van der Waals surface area contributed by atoms with Gasteiger partial charge in [-0.25, -0.2) is 4.98 Å². The number of piperidine rings is 1. The highest BCUT2D eigenvalue weighted by Crippen LogP contribution is 2.25. The van der Waals surface area contributed by atoms with Crippen LogP contribution in [0.15, 0.2) is 30.9 Å². The largest absolute Gasteiger partial charge is 0.329 e. The monoisotopic (exact) mass is 270 g/mol. The summed E-state index contributed by atoms with van der Waals surface area (Å²) >= 11 is 0. The van der Waals surface area contributed by atoms with E-state index in [1.807, 2.05) is 25.6 Å². The first kappa shape index (κ1) is 13.3. The third kappa shape index (κ3) is 2.90. The van der Waals surface area contributed by atoms with E-state index >= 15 is 0 Å². The molecule has 4 heteroatoms. The normalized spacial score (nSPS) is 22.9. The number of nitrogens with zero attached hydrogens (tertiary/aromatic N) is 3. The fraction of sp³-hybridized carbons (Fsp3) is 0.500. The second-order valence-electron chi connectivity index (χ2n) is 5.81. The molecule has 1 saturated heterocycles. The number of hydrogen-bond acceptors (Lipinski definition) is 3. The van der Waals surface area contributed by atoms with Crippen LogP contribution in [-0.4, -0.2) is 20.6 Å². The van der Waals surface area contributed by atoms with Crippen LogP contribution < -0.4 is 5.32 Å². The summed E-state index contributed by atoms with van der Waals surface area (Å²) in [6, 6.07) is 5.23. The van der Waals surface area contributed by atoms with Crippen molar-refractivity contribution in [2.24, 2.45) is 0 Å². The lowest BCUT2D eigenvalue weighted by Crippen LogP contribution is -2.35. The average Bonchev–Trinajstić information content (AvgIpc) is 2.89. The highest BCUT2D eigenvalue weighted by Gasteiger charge is 2.22. The number of pyridine rings is 1. The van der Waals surface area contributed by atoms with Gasteiger partial charge in [0.15, 0.2) is 0 Å². The van der Waals surface area contributed by atoms with Crippen molar-refractivity contribution in [2.75, 3.05) is 0 Å². The summed E-state index contributed by atoms with van der Waals surface area (Å²) in [5.74, 6) is 0. The minimum atomic E-state index is 0.430. The van der Waals surface area contributed by atoms with Crippen LogP contribution in [0.4, 0.5) is 0 Å². The first-order valence-corrected chi connectivity index (χ1v) is 7.40. The highest BCUT2D eigenvalue weighted by molar-refractivity contribution is 5.16. The van der Waals surface area contributed by atoms with Crippen molar-refractivity contribution in [3.8, 4) is 0 Å². The molecular formula is C16H22N4. The lowest BCUT2D eigenvalue weighted by molar-refractivity contribution is 0.330. The van der Waals surface area contributed by atoms with E-state index in [2.05, 4.69) is 38.9 Å². The van der Waals surface area contributed by atoms with Gasteiger partial charge in [0, 0.05) is 30.2 Å². The molecular weight excluding hydrogens is 248 g/mol. The molecule has 1 fully saturated rings. The maximum Gasteiger partial charge on any atom is 0.0951 e. The number of aryl methyl sites for hydroxylation is 1. The zero-order chi connectivity index (χ0) is 13.9. The lowest BCUT2D eigenvalue weighted by Gasteiger charge is -2.29. The van der Waals surface area contributed by atoms with Gasteiger partial charge in [-0.3, -0.25) is 4.98 Å². The summed E-state index contributed by atoms with van der Waals surface area (Å²) in [4.78, 5) is 8.70. The van der Waals surface area contributed by atoms with Gasteiger partial charge in [0.1, 0.15) is 0 Å². The van der Waals surface area contributed by atoms with Gasteiger partial charge >= 0.3 is 0 Å². The second kappa shape index (κ2) is 5.75. The molecule has 1 N–H and O–H groups in total. The van der Waals surface area contributed by atoms with E-state index in [1.54, 1.807) is 0 Å². The van der Waals surface area contributed by atoms with Crippen LogP contribution in [0.25, 0.3) is 0 Å². The molecule has 0 spiro atoms. The van der Waals surface area contributed by atoms with Crippen molar-refractivity contribution >= 4 is 0 Å². The van der Waals surface area contributed by atoms with Crippen molar-refractivity contribution < 1.29 is 0 Å². The van der Waals surface area contributed by atoms with Crippen LogP contribution >= 0.6 is 0 Å². The number of hydrogen-bond donors (Lipinski definition) is 1. The summed E-state index contributed by atoms with van der Waals surface area (Å²) in [6.45, 7) is 5.12. The predicted molar refractivity (Wildman–Crippen MR) is 79.5 cm³/mol. The van der Waals surface area contributed by atoms with Crippen molar-refractivity contribution in [3.63, 3.8) is 0 Å². The van der Waals surface area contributed by atoms with Gasteiger partial charge in [0.05, 0.1) is 18.6 Å². The first-order chi connectivity index (χ1) is 9.72. The Morgan fingerprint density at radius 3 is 2.95 bits per heavy atom. The van der Waals surface area contributed by atoms with E-state index in [4.69, 9.17) is 0 Å². The molecule has 0 amide bonds. The quantitative estimate of drug-likeness (QED) is 0.932. The molecule has 2 unspecified atom stereocenters. The molecule has 20 heavy (non-hydrogen) atoms. The van der Waals surface area contributed by atoms with Crippen molar-refractivity contribution in [3.05, 3.63) is 47.8 Å². The third-order valence-electron chi connectivity index (χ3n) is 4.04. The Kier molecular flexibility index (Phi) is 3.83. The topological polar surface area (TPSA) is 42.7 Å². The molecule has 2 aromatic heterocycles. The minimum absolute atomic E-state index is 0.430. The van der Waals surface area contributed by atoms with E-state index in [-0.39, 0.29) is 0 Å². The summed E-state index contributed by atoms with van der Waals surface area (Å²) in [5.41, 5.74) is 3.57. The van der Waals surface area contributed by atoms with Gasteiger partial charge in [0.25, 0.3) is 0 Å². The van der Waals surface area contributed by atoms with Gasteiger partial charge in [0.2, 0.25) is 0 Å². The highest BCUT2D eigenvalue weighted by atomic mass is 15.1. The van der Waals surface area contributed by atoms with E-state index in [0.717, 1.165) is 12.2 Å². The Morgan fingerprint density at radius 1 is 1.30 bits per heavy atom. The molecule has 0 aromatic carbocycles. The van der Waals surface area contributed by atoms with Gasteiger partial charge in [-0.05, 0) is 44.7 Å². The molecule has 4 nitrogen and oxygen atoms in total. The van der Waals surface area contributed by atoms with E-state index in [9.17, 15) is 0 Å². The van der Waals surface area contributed by atoms with Crippen molar-refractivity contribution in [1.29, 1.82) is 0 Å². The van der Waals surface area contributed by atoms with Crippen molar-refractivity contribution in [1.82, 2.24) is 19.9 Å². The number of rotatable bonds is 3. The van der Waals surface area contributed by atoms with Gasteiger partial charge in [-0.15, -0.1) is 0 Å². The molecule has 0 bridgehead atoms. The number of aromatic nitrogens is 3. The van der Waals surface area contributed by atoms with Crippen LogP contribution in [0.1, 0.15) is 49.2 Å². The molecule has 2 atom stereocenters. The Hall–Kier alpha value is -1.68. The van der Waals surface area contributed by atoms with Crippen LogP contribution in [-0.2, 0) is 6.54 Å². The summed E-state index contributed by atoms with van der Waals surface area (Å²) in [5, 5.41) is 3.68. The molecule has 3 heterocycles. The Labute approximate surface area is 120 Å². The smallest absolute Gasteiger partial charge is 0.0951 e. The summed E-state index contributed by atoms with van der Waals surface area (Å²) in [7, 11) is 0. The maximum absolute atomic E-state index is 4.36. The lowest BCUT2D eigenvalue weighted by atomic mass is 9.97. The third-order valence-corrected chi connectivity index (χ3v) is 4.04. The maximum atomic E-state index is 4.36. The fourth-order valence-electron chi connectivity index (χ4n) is 2.91. The Bertz CT molecular complexity index is 558. The van der Waals surface area contributed by atoms with Crippen LogP contribution in [0, 0.1) is 6.92 Å². The zero-order valence-corrected chi connectivity index (χ0v) is 12.2. The predicted octanol–water partition coefficient (Wildman–Crippen LogP) is 2.84. The number of nitrogens with one attached hydrogen (secondary N) is 1. The first-order valence-electron chi connectivity index (χ1n) is 7.40. The molecule has 106 valence electrons. The average molecular weight is 270 g/mol. The van der Waals surface area contributed by atoms with Crippen LogP contribution in [0.2, 0.25) is 0 Å². The molecule has 1 aliphatic rings. The second-order valence-corrected chi connectivity index (χ2v) is 5.81. The standard InChI is InChI=1S/C16H22N4/c1-12-6-7-14(8-18-12)10-20-11-17-9-16(20)15-5-3-4-13(2)19-15/h6-9,11,13,15,19H,3-5,10H2,1-2H3. The van der Waals surface area contributed by atoms with Crippen molar-refractivity contribution in [2.45, 2.75) is 51.7 Å². The van der Waals surface area contributed by atoms with E-state index < -0.39 is 0 Å². The van der Waals surface area contributed by atoms with Crippen LogP contribution in [0.5, 0.6) is 0 Å². The van der Waals surface area contributed by atoms with Gasteiger partial charge < -0.3 is 9.88 Å². The SMILES string of the molecule is Cc1ccc(Cn2cncc2C2CCCC(C)N2)cn1. The molecule has 0 radical (unpaired) electrons. The number of imidazole rings is 1. The van der Waals surface area contributed by atoms with Gasteiger partial charge in [-0.2, -0.15) is 0 Å². The summed E-state index contributed by atoms with van der Waals surface area (Å²) in [6.07, 6.45) is 9.63. The molecule has 2 aromatic rings. The zero-order valence-electron chi connectivity index (χ0n) is 12.2. The van der Waals surface area contributed by atoms with Gasteiger partial charge in [-0.1, -0.05) is 6.07 Å².